The number of nitrogens with zero attached hydrogens (tertiary/aromatic N) is 1. The predicted octanol–water partition coefficient (Wildman–Crippen LogP) is 2.36. The van der Waals surface area contributed by atoms with E-state index in [0.717, 1.165) is 19.4 Å². The van der Waals surface area contributed by atoms with E-state index in [0.29, 0.717) is 12.0 Å². The molecule has 3 nitrogen and oxygen atoms in total. The fraction of sp³-hybridized carbons (Fsp3) is 0.917. The van der Waals surface area contributed by atoms with E-state index >= 15 is 0 Å². The molecule has 1 rings (SSSR count). The van der Waals surface area contributed by atoms with Crippen LogP contribution < -0.4 is 0 Å². The second-order valence-electron chi connectivity index (χ2n) is 5.00. The van der Waals surface area contributed by atoms with E-state index in [4.69, 9.17) is 5.11 Å². The number of rotatable bonds is 4. The molecule has 1 saturated heterocycles. The molecule has 88 valence electrons. The molecule has 0 aromatic carbocycles. The van der Waals surface area contributed by atoms with Gasteiger partial charge in [-0.3, -0.25) is 9.69 Å². The molecule has 0 saturated carbocycles. The maximum Gasteiger partial charge on any atom is 0.317 e. The molecule has 1 aliphatic rings. The van der Waals surface area contributed by atoms with Crippen LogP contribution in [-0.2, 0) is 4.79 Å². The number of carbonyl (C=O) groups is 1. The molecule has 0 aromatic rings. The van der Waals surface area contributed by atoms with Crippen molar-refractivity contribution in [3.05, 3.63) is 0 Å². The molecule has 3 heteroatoms. The Kier molecular flexibility index (Phi) is 5.09. The normalized spacial score (nSPS) is 24.1. The molecule has 0 unspecified atom stereocenters. The zero-order valence-corrected chi connectivity index (χ0v) is 9.91. The smallest absolute Gasteiger partial charge is 0.317 e. The summed E-state index contributed by atoms with van der Waals surface area (Å²) in [6, 6.07) is 0.489. The highest BCUT2D eigenvalue weighted by Crippen LogP contribution is 2.21. The number of likely N-dealkylation sites (tertiary alicyclic amines) is 1. The molecule has 0 radical (unpaired) electrons. The van der Waals surface area contributed by atoms with Gasteiger partial charge in [0, 0.05) is 6.04 Å². The summed E-state index contributed by atoms with van der Waals surface area (Å²) in [5.41, 5.74) is 0. The number of hydrogen-bond donors (Lipinski definition) is 1. The van der Waals surface area contributed by atoms with Crippen LogP contribution in [0.5, 0.6) is 0 Å². The fourth-order valence-corrected chi connectivity index (χ4v) is 2.43. The second-order valence-corrected chi connectivity index (χ2v) is 5.00. The van der Waals surface area contributed by atoms with E-state index in [1.54, 1.807) is 0 Å². The van der Waals surface area contributed by atoms with Crippen molar-refractivity contribution >= 4 is 5.97 Å². The molecular weight excluding hydrogens is 190 g/mol. The van der Waals surface area contributed by atoms with E-state index in [1.807, 2.05) is 0 Å². The summed E-state index contributed by atoms with van der Waals surface area (Å²) in [7, 11) is 0. The van der Waals surface area contributed by atoms with Gasteiger partial charge in [-0.1, -0.05) is 26.7 Å². The van der Waals surface area contributed by atoms with Crippen LogP contribution in [0.3, 0.4) is 0 Å². The van der Waals surface area contributed by atoms with Gasteiger partial charge in [0.15, 0.2) is 0 Å². The zero-order valence-electron chi connectivity index (χ0n) is 9.91. The summed E-state index contributed by atoms with van der Waals surface area (Å²) in [6.07, 6.45) is 5.97. The summed E-state index contributed by atoms with van der Waals surface area (Å²) in [5, 5.41) is 8.87. The lowest BCUT2D eigenvalue weighted by Crippen LogP contribution is -2.39. The average molecular weight is 213 g/mol. The summed E-state index contributed by atoms with van der Waals surface area (Å²) < 4.78 is 0. The summed E-state index contributed by atoms with van der Waals surface area (Å²) in [6.45, 7) is 5.61. The molecule has 1 N–H and O–H groups in total. The Labute approximate surface area is 92.5 Å². The van der Waals surface area contributed by atoms with Crippen LogP contribution in [0.25, 0.3) is 0 Å². The van der Waals surface area contributed by atoms with Crippen molar-refractivity contribution in [2.24, 2.45) is 5.92 Å². The highest BCUT2D eigenvalue weighted by Gasteiger charge is 2.23. The Bertz CT molecular complexity index is 204. The summed E-state index contributed by atoms with van der Waals surface area (Å²) >= 11 is 0. The van der Waals surface area contributed by atoms with Crippen molar-refractivity contribution in [1.29, 1.82) is 0 Å². The molecule has 1 aliphatic heterocycles. The van der Waals surface area contributed by atoms with Crippen molar-refractivity contribution < 1.29 is 9.90 Å². The quantitative estimate of drug-likeness (QED) is 0.779. The summed E-state index contributed by atoms with van der Waals surface area (Å²) in [5.74, 6) is -0.0324. The molecule has 1 atom stereocenters. The first-order valence-electron chi connectivity index (χ1n) is 6.05. The molecule has 1 heterocycles. The van der Waals surface area contributed by atoms with Crippen LogP contribution in [0, 0.1) is 5.92 Å². The fourth-order valence-electron chi connectivity index (χ4n) is 2.43. The standard InChI is InChI=1S/C12H23NO2/c1-10(2)8-11-6-4-3-5-7-13(11)9-12(14)15/h10-11H,3-9H2,1-2H3,(H,14,15)/t11-/m0/s1. The molecule has 0 amide bonds. The first-order chi connectivity index (χ1) is 7.09. The van der Waals surface area contributed by atoms with Crippen LogP contribution in [-0.4, -0.2) is 35.1 Å². The third-order valence-electron chi connectivity index (χ3n) is 3.08. The van der Waals surface area contributed by atoms with Crippen LogP contribution in [0.2, 0.25) is 0 Å². The predicted molar refractivity (Wildman–Crippen MR) is 60.9 cm³/mol. The molecule has 15 heavy (non-hydrogen) atoms. The molecular formula is C12H23NO2. The Morgan fingerprint density at radius 2 is 2.13 bits per heavy atom. The Morgan fingerprint density at radius 1 is 1.40 bits per heavy atom. The highest BCUT2D eigenvalue weighted by molar-refractivity contribution is 5.69. The monoisotopic (exact) mass is 213 g/mol. The van der Waals surface area contributed by atoms with Gasteiger partial charge in [0.2, 0.25) is 0 Å². The Morgan fingerprint density at radius 3 is 2.73 bits per heavy atom. The lowest BCUT2D eigenvalue weighted by molar-refractivity contribution is -0.139. The van der Waals surface area contributed by atoms with Gasteiger partial charge in [0.05, 0.1) is 6.54 Å². The molecule has 0 bridgehead atoms. The van der Waals surface area contributed by atoms with Crippen molar-refractivity contribution in [3.8, 4) is 0 Å². The van der Waals surface area contributed by atoms with Gasteiger partial charge >= 0.3 is 5.97 Å². The Hall–Kier alpha value is -0.570. The number of aliphatic carboxylic acids is 1. The van der Waals surface area contributed by atoms with Crippen LogP contribution in [0.1, 0.15) is 46.0 Å². The largest absolute Gasteiger partial charge is 0.480 e. The molecule has 1 fully saturated rings. The van der Waals surface area contributed by atoms with Crippen LogP contribution >= 0.6 is 0 Å². The van der Waals surface area contributed by atoms with Crippen molar-refractivity contribution in [2.45, 2.75) is 52.0 Å². The van der Waals surface area contributed by atoms with Gasteiger partial charge in [0.1, 0.15) is 0 Å². The summed E-state index contributed by atoms with van der Waals surface area (Å²) in [4.78, 5) is 12.9. The van der Waals surface area contributed by atoms with Gasteiger partial charge in [-0.05, 0) is 31.7 Å². The molecule has 0 spiro atoms. The van der Waals surface area contributed by atoms with Crippen molar-refractivity contribution in [3.63, 3.8) is 0 Å². The maximum atomic E-state index is 10.8. The highest BCUT2D eigenvalue weighted by atomic mass is 16.4. The van der Waals surface area contributed by atoms with E-state index in [2.05, 4.69) is 18.7 Å². The SMILES string of the molecule is CC(C)C[C@@H]1CCCCCN1CC(=O)O. The molecule has 0 aliphatic carbocycles. The minimum atomic E-state index is -0.689. The topological polar surface area (TPSA) is 40.5 Å². The lowest BCUT2D eigenvalue weighted by Gasteiger charge is -2.29. The number of carboxylic acids is 1. The van der Waals surface area contributed by atoms with Gasteiger partial charge in [-0.25, -0.2) is 0 Å². The van der Waals surface area contributed by atoms with Crippen LogP contribution in [0.15, 0.2) is 0 Å². The minimum Gasteiger partial charge on any atom is -0.480 e. The zero-order chi connectivity index (χ0) is 11.3. The Balaban J connectivity index is 2.54. The van der Waals surface area contributed by atoms with Gasteiger partial charge < -0.3 is 5.11 Å². The molecule has 0 aromatic heterocycles. The number of hydrogen-bond acceptors (Lipinski definition) is 2. The second kappa shape index (κ2) is 6.11. The third kappa shape index (κ3) is 4.65. The maximum absolute atomic E-state index is 10.8. The van der Waals surface area contributed by atoms with Crippen molar-refractivity contribution in [1.82, 2.24) is 4.90 Å². The van der Waals surface area contributed by atoms with Gasteiger partial charge in [-0.15, -0.1) is 0 Å². The van der Waals surface area contributed by atoms with Crippen molar-refractivity contribution in [2.75, 3.05) is 13.1 Å². The number of carboxylic acid groups (broad SMARTS) is 1. The van der Waals surface area contributed by atoms with E-state index < -0.39 is 5.97 Å². The minimum absolute atomic E-state index is 0.220. The van der Waals surface area contributed by atoms with E-state index in [-0.39, 0.29) is 6.54 Å². The van der Waals surface area contributed by atoms with Gasteiger partial charge in [0.25, 0.3) is 0 Å². The third-order valence-corrected chi connectivity index (χ3v) is 3.08. The average Bonchev–Trinajstić information content (AvgIpc) is 2.30. The first kappa shape index (κ1) is 12.5. The first-order valence-corrected chi connectivity index (χ1v) is 6.05. The van der Waals surface area contributed by atoms with Crippen LogP contribution in [0.4, 0.5) is 0 Å². The van der Waals surface area contributed by atoms with E-state index in [9.17, 15) is 4.79 Å². The lowest BCUT2D eigenvalue weighted by atomic mass is 9.99. The van der Waals surface area contributed by atoms with E-state index in [1.165, 1.54) is 19.3 Å². The van der Waals surface area contributed by atoms with Gasteiger partial charge in [-0.2, -0.15) is 0 Å².